The van der Waals surface area contributed by atoms with E-state index in [0.29, 0.717) is 18.2 Å². The molecule has 5 heteroatoms. The molecule has 0 aromatic heterocycles. The molecule has 0 saturated carbocycles. The van der Waals surface area contributed by atoms with Crippen LogP contribution in [0.25, 0.3) is 0 Å². The molecule has 1 saturated heterocycles. The Balaban J connectivity index is 1.93. The first-order chi connectivity index (χ1) is 8.79. The maximum absolute atomic E-state index is 11.6. The Morgan fingerprint density at radius 2 is 2.44 bits per heavy atom. The number of anilines is 1. The highest BCUT2D eigenvalue weighted by atomic mass is 16.5. The summed E-state index contributed by atoms with van der Waals surface area (Å²) in [6.45, 7) is 3.61. The van der Waals surface area contributed by atoms with Crippen LogP contribution in [0.15, 0.2) is 18.2 Å². The van der Waals surface area contributed by atoms with Gasteiger partial charge in [0.25, 0.3) is 5.91 Å². The fraction of sp³-hybridized carbons (Fsp3) is 0.462. The number of ether oxygens (including phenoxy) is 1. The molecule has 2 heterocycles. The number of rotatable bonds is 1. The third-order valence-electron chi connectivity index (χ3n) is 3.54. The molecule has 1 aromatic rings. The highest BCUT2D eigenvalue weighted by Gasteiger charge is 2.29. The number of hydrogen-bond acceptors (Lipinski definition) is 4. The van der Waals surface area contributed by atoms with E-state index in [9.17, 15) is 4.79 Å². The van der Waals surface area contributed by atoms with Crippen LogP contribution >= 0.6 is 0 Å². The van der Waals surface area contributed by atoms with Crippen LogP contribution in [0.3, 0.4) is 0 Å². The lowest BCUT2D eigenvalue weighted by atomic mass is 10.1. The molecule has 18 heavy (non-hydrogen) atoms. The Labute approximate surface area is 106 Å². The van der Waals surface area contributed by atoms with Crippen LogP contribution in [0.4, 0.5) is 5.69 Å². The SMILES string of the molecule is CNC(=O)c1ccc2c(c1)OCC1CNCCN21. The predicted molar refractivity (Wildman–Crippen MR) is 69.3 cm³/mol. The lowest BCUT2D eigenvalue weighted by Crippen LogP contribution is -2.55. The van der Waals surface area contributed by atoms with Gasteiger partial charge in [-0.15, -0.1) is 0 Å². The van der Waals surface area contributed by atoms with Crippen LogP contribution in [0.1, 0.15) is 10.4 Å². The highest BCUT2D eigenvalue weighted by molar-refractivity contribution is 5.95. The van der Waals surface area contributed by atoms with Gasteiger partial charge in [0.05, 0.1) is 11.7 Å². The Bertz CT molecular complexity index is 475. The van der Waals surface area contributed by atoms with Crippen LogP contribution in [0, 0.1) is 0 Å². The van der Waals surface area contributed by atoms with Crippen molar-refractivity contribution >= 4 is 11.6 Å². The number of carbonyl (C=O) groups is 1. The van der Waals surface area contributed by atoms with E-state index in [0.717, 1.165) is 31.1 Å². The van der Waals surface area contributed by atoms with E-state index in [2.05, 4.69) is 15.5 Å². The van der Waals surface area contributed by atoms with Crippen molar-refractivity contribution in [1.29, 1.82) is 0 Å². The first-order valence-electron chi connectivity index (χ1n) is 6.26. The number of piperazine rings is 1. The smallest absolute Gasteiger partial charge is 0.251 e. The van der Waals surface area contributed by atoms with Gasteiger partial charge >= 0.3 is 0 Å². The first kappa shape index (κ1) is 11.3. The van der Waals surface area contributed by atoms with Crippen LogP contribution in [0.2, 0.25) is 0 Å². The highest BCUT2D eigenvalue weighted by Crippen LogP contribution is 2.35. The largest absolute Gasteiger partial charge is 0.489 e. The normalized spacial score (nSPS) is 21.6. The molecule has 5 nitrogen and oxygen atoms in total. The number of benzene rings is 1. The summed E-state index contributed by atoms with van der Waals surface area (Å²) in [5, 5.41) is 5.99. The third-order valence-corrected chi connectivity index (χ3v) is 3.54. The third kappa shape index (κ3) is 1.80. The number of hydrogen-bond donors (Lipinski definition) is 2. The molecule has 0 aliphatic carbocycles. The van der Waals surface area contributed by atoms with Crippen molar-refractivity contribution in [1.82, 2.24) is 10.6 Å². The van der Waals surface area contributed by atoms with Crippen molar-refractivity contribution in [2.75, 3.05) is 38.2 Å². The Morgan fingerprint density at radius 3 is 3.28 bits per heavy atom. The van der Waals surface area contributed by atoms with Gasteiger partial charge < -0.3 is 20.3 Å². The number of carbonyl (C=O) groups excluding carboxylic acids is 1. The van der Waals surface area contributed by atoms with Gasteiger partial charge in [0.2, 0.25) is 0 Å². The molecule has 3 rings (SSSR count). The second-order valence-electron chi connectivity index (χ2n) is 4.62. The summed E-state index contributed by atoms with van der Waals surface area (Å²) in [6.07, 6.45) is 0. The fourth-order valence-corrected chi connectivity index (χ4v) is 2.57. The average Bonchev–Trinajstić information content (AvgIpc) is 2.45. The zero-order valence-electron chi connectivity index (χ0n) is 10.4. The van der Waals surface area contributed by atoms with Crippen molar-refractivity contribution in [3.63, 3.8) is 0 Å². The van der Waals surface area contributed by atoms with Gasteiger partial charge in [-0.05, 0) is 18.2 Å². The second kappa shape index (κ2) is 4.49. The summed E-state index contributed by atoms with van der Waals surface area (Å²) in [6, 6.07) is 6.06. The molecule has 1 unspecified atom stereocenters. The number of amides is 1. The minimum Gasteiger partial charge on any atom is -0.489 e. The summed E-state index contributed by atoms with van der Waals surface area (Å²) < 4.78 is 5.77. The molecule has 2 N–H and O–H groups in total. The molecule has 1 aromatic carbocycles. The van der Waals surface area contributed by atoms with E-state index in [1.165, 1.54) is 0 Å². The van der Waals surface area contributed by atoms with Crippen LogP contribution in [-0.2, 0) is 0 Å². The molecule has 96 valence electrons. The quantitative estimate of drug-likeness (QED) is 0.745. The monoisotopic (exact) mass is 247 g/mol. The van der Waals surface area contributed by atoms with Gasteiger partial charge in [-0.1, -0.05) is 0 Å². The lowest BCUT2D eigenvalue weighted by molar-refractivity contribution is 0.0962. The lowest BCUT2D eigenvalue weighted by Gasteiger charge is -2.42. The van der Waals surface area contributed by atoms with Gasteiger partial charge in [0.1, 0.15) is 12.4 Å². The molecule has 1 atom stereocenters. The zero-order valence-corrected chi connectivity index (χ0v) is 10.4. The number of fused-ring (bicyclic) bond motifs is 3. The van der Waals surface area contributed by atoms with E-state index in [1.807, 2.05) is 18.2 Å². The van der Waals surface area contributed by atoms with E-state index in [4.69, 9.17) is 4.74 Å². The summed E-state index contributed by atoms with van der Waals surface area (Å²) in [7, 11) is 1.63. The molecule has 0 bridgehead atoms. The van der Waals surface area contributed by atoms with Gasteiger partial charge in [0.15, 0.2) is 0 Å². The predicted octanol–water partition coefficient (Wildman–Crippen LogP) is 0.217. The van der Waals surface area contributed by atoms with Crippen molar-refractivity contribution in [3.8, 4) is 5.75 Å². The van der Waals surface area contributed by atoms with Crippen molar-refractivity contribution in [2.45, 2.75) is 6.04 Å². The summed E-state index contributed by atoms with van der Waals surface area (Å²) in [5.74, 6) is 0.734. The van der Waals surface area contributed by atoms with Crippen LogP contribution in [0.5, 0.6) is 5.75 Å². The van der Waals surface area contributed by atoms with Crippen LogP contribution in [-0.4, -0.2) is 45.2 Å². The minimum absolute atomic E-state index is 0.0798. The van der Waals surface area contributed by atoms with E-state index < -0.39 is 0 Å². The van der Waals surface area contributed by atoms with E-state index >= 15 is 0 Å². The molecule has 1 amide bonds. The molecule has 1 fully saturated rings. The topological polar surface area (TPSA) is 53.6 Å². The summed E-state index contributed by atoms with van der Waals surface area (Å²) in [5.41, 5.74) is 1.74. The maximum atomic E-state index is 11.6. The van der Waals surface area contributed by atoms with Gasteiger partial charge in [0, 0.05) is 32.2 Å². The molecular formula is C13H17N3O2. The van der Waals surface area contributed by atoms with Crippen LogP contribution < -0.4 is 20.3 Å². The summed E-state index contributed by atoms with van der Waals surface area (Å²) in [4.78, 5) is 14.0. The van der Waals surface area contributed by atoms with Gasteiger partial charge in [-0.25, -0.2) is 0 Å². The molecular weight excluding hydrogens is 230 g/mol. The Hall–Kier alpha value is -1.75. The van der Waals surface area contributed by atoms with Crippen molar-refractivity contribution in [2.24, 2.45) is 0 Å². The van der Waals surface area contributed by atoms with Crippen molar-refractivity contribution in [3.05, 3.63) is 23.8 Å². The first-order valence-corrected chi connectivity index (χ1v) is 6.26. The standard InChI is InChI=1S/C13H17N3O2/c1-14-13(17)9-2-3-11-12(6-9)18-8-10-7-15-4-5-16(10)11/h2-3,6,10,15H,4-5,7-8H2,1H3,(H,14,17). The molecule has 0 radical (unpaired) electrons. The minimum atomic E-state index is -0.0798. The molecule has 2 aliphatic heterocycles. The molecule has 0 spiro atoms. The van der Waals surface area contributed by atoms with E-state index in [1.54, 1.807) is 7.05 Å². The number of nitrogens with zero attached hydrogens (tertiary/aromatic N) is 1. The summed E-state index contributed by atoms with van der Waals surface area (Å²) >= 11 is 0. The molecule has 2 aliphatic rings. The zero-order chi connectivity index (χ0) is 12.5. The number of nitrogens with one attached hydrogen (secondary N) is 2. The van der Waals surface area contributed by atoms with Crippen molar-refractivity contribution < 1.29 is 9.53 Å². The fourth-order valence-electron chi connectivity index (χ4n) is 2.57. The van der Waals surface area contributed by atoms with Gasteiger partial charge in [-0.3, -0.25) is 4.79 Å². The van der Waals surface area contributed by atoms with E-state index in [-0.39, 0.29) is 5.91 Å². The average molecular weight is 247 g/mol. The maximum Gasteiger partial charge on any atom is 0.251 e. The Kier molecular flexibility index (Phi) is 2.83. The Morgan fingerprint density at radius 1 is 1.56 bits per heavy atom. The second-order valence-corrected chi connectivity index (χ2v) is 4.62. The van der Waals surface area contributed by atoms with Gasteiger partial charge in [-0.2, -0.15) is 0 Å².